The zero-order chi connectivity index (χ0) is 14.5. The van der Waals surface area contributed by atoms with Crippen LogP contribution in [0.5, 0.6) is 0 Å². The number of aromatic carboxylic acids is 1. The molecule has 2 rings (SSSR count). The van der Waals surface area contributed by atoms with Gasteiger partial charge in [-0.15, -0.1) is 0 Å². The molecule has 0 aliphatic carbocycles. The van der Waals surface area contributed by atoms with Crippen molar-refractivity contribution in [2.75, 3.05) is 5.32 Å². The van der Waals surface area contributed by atoms with Crippen molar-refractivity contribution in [3.05, 3.63) is 64.1 Å². The van der Waals surface area contributed by atoms with Gasteiger partial charge >= 0.3 is 5.97 Å². The van der Waals surface area contributed by atoms with Gasteiger partial charge in [-0.05, 0) is 30.2 Å². The third-order valence-corrected chi connectivity index (χ3v) is 3.65. The van der Waals surface area contributed by atoms with E-state index in [1.165, 1.54) is 0 Å². The number of rotatable bonds is 5. The Bertz CT molecular complexity index is 599. The zero-order valence-electron chi connectivity index (χ0n) is 11.1. The summed E-state index contributed by atoms with van der Waals surface area (Å²) >= 11 is 3.30. The van der Waals surface area contributed by atoms with Gasteiger partial charge in [0.2, 0.25) is 0 Å². The number of anilines is 1. The van der Waals surface area contributed by atoms with Gasteiger partial charge in [0.1, 0.15) is 0 Å². The van der Waals surface area contributed by atoms with Crippen LogP contribution < -0.4 is 5.32 Å². The molecule has 104 valence electrons. The quantitative estimate of drug-likeness (QED) is 0.832. The molecule has 20 heavy (non-hydrogen) atoms. The van der Waals surface area contributed by atoms with Crippen molar-refractivity contribution < 1.29 is 9.90 Å². The molecule has 1 unspecified atom stereocenters. The van der Waals surface area contributed by atoms with Crippen LogP contribution in [-0.2, 0) is 0 Å². The molecule has 0 spiro atoms. The monoisotopic (exact) mass is 333 g/mol. The highest BCUT2D eigenvalue weighted by molar-refractivity contribution is 9.10. The van der Waals surface area contributed by atoms with Crippen LogP contribution in [0.25, 0.3) is 0 Å². The van der Waals surface area contributed by atoms with Crippen LogP contribution in [0.15, 0.2) is 53.0 Å². The minimum atomic E-state index is -0.934. The molecular weight excluding hydrogens is 318 g/mol. The van der Waals surface area contributed by atoms with Crippen LogP contribution in [-0.4, -0.2) is 11.1 Å². The number of carboxylic acid groups (broad SMARTS) is 1. The average Bonchev–Trinajstić information content (AvgIpc) is 2.46. The van der Waals surface area contributed by atoms with Gasteiger partial charge in [-0.25, -0.2) is 4.79 Å². The number of benzene rings is 2. The Balaban J connectivity index is 2.31. The molecule has 0 heterocycles. The standard InChI is InChI=1S/C16H16BrNO2/c1-2-14(11-6-4-3-5-7-11)18-15-9-8-12(17)10-13(15)16(19)20/h3-10,14,18H,2H2,1H3,(H,19,20). The smallest absolute Gasteiger partial charge is 0.337 e. The molecule has 0 saturated carbocycles. The summed E-state index contributed by atoms with van der Waals surface area (Å²) in [4.78, 5) is 11.3. The van der Waals surface area contributed by atoms with E-state index in [1.54, 1.807) is 12.1 Å². The predicted molar refractivity (Wildman–Crippen MR) is 84.2 cm³/mol. The molecule has 0 amide bonds. The first-order chi connectivity index (χ1) is 9.61. The molecular formula is C16H16BrNO2. The lowest BCUT2D eigenvalue weighted by molar-refractivity contribution is 0.0698. The summed E-state index contributed by atoms with van der Waals surface area (Å²) in [6, 6.07) is 15.4. The molecule has 0 saturated heterocycles. The summed E-state index contributed by atoms with van der Waals surface area (Å²) in [6.07, 6.45) is 0.874. The molecule has 0 fully saturated rings. The average molecular weight is 334 g/mol. The van der Waals surface area contributed by atoms with Gasteiger partial charge in [-0.3, -0.25) is 0 Å². The van der Waals surface area contributed by atoms with Gasteiger partial charge in [-0.1, -0.05) is 53.2 Å². The van der Waals surface area contributed by atoms with Gasteiger partial charge in [0.25, 0.3) is 0 Å². The highest BCUT2D eigenvalue weighted by Gasteiger charge is 2.15. The Labute approximate surface area is 126 Å². The van der Waals surface area contributed by atoms with Crippen LogP contribution in [0.1, 0.15) is 35.3 Å². The van der Waals surface area contributed by atoms with E-state index in [0.29, 0.717) is 5.69 Å². The Kier molecular flexibility index (Phi) is 4.79. The lowest BCUT2D eigenvalue weighted by Crippen LogP contribution is -2.12. The third kappa shape index (κ3) is 3.39. The summed E-state index contributed by atoms with van der Waals surface area (Å²) in [5.41, 5.74) is 2.06. The number of hydrogen-bond donors (Lipinski definition) is 2. The van der Waals surface area contributed by atoms with E-state index in [4.69, 9.17) is 0 Å². The summed E-state index contributed by atoms with van der Waals surface area (Å²) in [5, 5.41) is 12.6. The number of hydrogen-bond acceptors (Lipinski definition) is 2. The van der Waals surface area contributed by atoms with E-state index in [-0.39, 0.29) is 11.6 Å². The summed E-state index contributed by atoms with van der Waals surface area (Å²) in [6.45, 7) is 2.07. The van der Waals surface area contributed by atoms with E-state index in [0.717, 1.165) is 16.5 Å². The van der Waals surface area contributed by atoms with Crippen molar-refractivity contribution in [3.8, 4) is 0 Å². The topological polar surface area (TPSA) is 49.3 Å². The van der Waals surface area contributed by atoms with Gasteiger partial charge in [0.15, 0.2) is 0 Å². The van der Waals surface area contributed by atoms with Crippen LogP contribution in [0, 0.1) is 0 Å². The predicted octanol–water partition coefficient (Wildman–Crippen LogP) is 4.71. The van der Waals surface area contributed by atoms with E-state index in [1.807, 2.05) is 36.4 Å². The fraction of sp³-hybridized carbons (Fsp3) is 0.188. The molecule has 4 heteroatoms. The van der Waals surface area contributed by atoms with Crippen molar-refractivity contribution in [3.63, 3.8) is 0 Å². The van der Waals surface area contributed by atoms with Crippen LogP contribution in [0.3, 0.4) is 0 Å². The Morgan fingerprint density at radius 2 is 1.95 bits per heavy atom. The van der Waals surface area contributed by atoms with Crippen molar-refractivity contribution in [2.24, 2.45) is 0 Å². The van der Waals surface area contributed by atoms with Crippen molar-refractivity contribution >= 4 is 27.6 Å². The largest absolute Gasteiger partial charge is 0.478 e. The first kappa shape index (κ1) is 14.6. The van der Waals surface area contributed by atoms with Crippen LogP contribution >= 0.6 is 15.9 Å². The Hall–Kier alpha value is -1.81. The lowest BCUT2D eigenvalue weighted by atomic mass is 10.0. The molecule has 0 aliphatic rings. The second-order valence-electron chi connectivity index (χ2n) is 4.51. The number of nitrogens with one attached hydrogen (secondary N) is 1. The third-order valence-electron chi connectivity index (χ3n) is 3.15. The molecule has 0 bridgehead atoms. The summed E-state index contributed by atoms with van der Waals surface area (Å²) in [5.74, 6) is -0.934. The van der Waals surface area contributed by atoms with Crippen LogP contribution in [0.2, 0.25) is 0 Å². The second kappa shape index (κ2) is 6.57. The SMILES string of the molecule is CCC(Nc1ccc(Br)cc1C(=O)O)c1ccccc1. The fourth-order valence-electron chi connectivity index (χ4n) is 2.11. The maximum absolute atomic E-state index is 11.3. The maximum Gasteiger partial charge on any atom is 0.337 e. The lowest BCUT2D eigenvalue weighted by Gasteiger charge is -2.20. The van der Waals surface area contributed by atoms with Gasteiger partial charge in [0, 0.05) is 10.2 Å². The number of halogens is 1. The molecule has 3 nitrogen and oxygen atoms in total. The maximum atomic E-state index is 11.3. The van der Waals surface area contributed by atoms with E-state index >= 15 is 0 Å². The van der Waals surface area contributed by atoms with E-state index < -0.39 is 5.97 Å². The number of carboxylic acids is 1. The normalized spacial score (nSPS) is 11.9. The van der Waals surface area contributed by atoms with Crippen molar-refractivity contribution in [1.29, 1.82) is 0 Å². The number of carbonyl (C=O) groups is 1. The highest BCUT2D eigenvalue weighted by atomic mass is 79.9. The first-order valence-corrected chi connectivity index (χ1v) is 7.25. The minimum absolute atomic E-state index is 0.0930. The van der Waals surface area contributed by atoms with Gasteiger partial charge in [-0.2, -0.15) is 0 Å². The molecule has 0 radical (unpaired) electrons. The molecule has 2 aromatic rings. The highest BCUT2D eigenvalue weighted by Crippen LogP contribution is 2.27. The zero-order valence-corrected chi connectivity index (χ0v) is 12.7. The van der Waals surface area contributed by atoms with Crippen molar-refractivity contribution in [1.82, 2.24) is 0 Å². The molecule has 0 aromatic heterocycles. The van der Waals surface area contributed by atoms with E-state index in [2.05, 4.69) is 28.2 Å². The van der Waals surface area contributed by atoms with Crippen molar-refractivity contribution in [2.45, 2.75) is 19.4 Å². The second-order valence-corrected chi connectivity index (χ2v) is 5.43. The molecule has 2 aromatic carbocycles. The summed E-state index contributed by atoms with van der Waals surface area (Å²) in [7, 11) is 0. The Morgan fingerprint density at radius 3 is 2.55 bits per heavy atom. The van der Waals surface area contributed by atoms with Gasteiger partial charge < -0.3 is 10.4 Å². The summed E-state index contributed by atoms with van der Waals surface area (Å²) < 4.78 is 0.758. The first-order valence-electron chi connectivity index (χ1n) is 6.46. The van der Waals surface area contributed by atoms with Crippen LogP contribution in [0.4, 0.5) is 5.69 Å². The molecule has 0 aliphatic heterocycles. The molecule has 2 N–H and O–H groups in total. The minimum Gasteiger partial charge on any atom is -0.478 e. The van der Waals surface area contributed by atoms with Gasteiger partial charge in [0.05, 0.1) is 11.6 Å². The molecule has 1 atom stereocenters. The fourth-order valence-corrected chi connectivity index (χ4v) is 2.47. The Morgan fingerprint density at radius 1 is 1.25 bits per heavy atom. The van der Waals surface area contributed by atoms with E-state index in [9.17, 15) is 9.90 Å².